The molecule has 0 radical (unpaired) electrons. The van der Waals surface area contributed by atoms with Gasteiger partial charge in [-0.3, -0.25) is 4.79 Å². The Hall–Kier alpha value is -5.09. The maximum atomic E-state index is 13.3. The van der Waals surface area contributed by atoms with Gasteiger partial charge in [-0.2, -0.15) is 0 Å². The van der Waals surface area contributed by atoms with E-state index in [1.807, 2.05) is 66.7 Å². The molecule has 10 nitrogen and oxygen atoms in total. The first-order valence-corrected chi connectivity index (χ1v) is 13.5. The van der Waals surface area contributed by atoms with Crippen molar-refractivity contribution in [3.05, 3.63) is 119 Å². The first kappa shape index (κ1) is 28.4. The van der Waals surface area contributed by atoms with Crippen LogP contribution in [0.4, 0.5) is 4.79 Å². The highest BCUT2D eigenvalue weighted by atomic mass is 16.5. The maximum absolute atomic E-state index is 13.3. The van der Waals surface area contributed by atoms with Crippen LogP contribution in [0.5, 0.6) is 0 Å². The standard InChI is InChI=1S/C32H30N4O6/c1-20(41-18-21-9-3-2-4-10-21)29(30(37)35-17-28-33-15-22(16-34-28)31(38)39)36-32(40)42-19-27-25-13-7-5-11-23(25)24-12-6-8-14-26(24)27/h2-16,20,27,29H,17-19H2,1H3,(H,35,37)(H,36,40)(H,38,39). The topological polar surface area (TPSA) is 140 Å². The molecule has 0 fully saturated rings. The number of hydrogen-bond acceptors (Lipinski definition) is 7. The Bertz CT molecular complexity index is 1520. The third kappa shape index (κ3) is 6.61. The highest BCUT2D eigenvalue weighted by Crippen LogP contribution is 2.44. The quantitative estimate of drug-likeness (QED) is 0.244. The molecule has 10 heteroatoms. The Morgan fingerprint density at radius 1 is 0.881 bits per heavy atom. The van der Waals surface area contributed by atoms with Gasteiger partial charge in [-0.1, -0.05) is 78.9 Å². The summed E-state index contributed by atoms with van der Waals surface area (Å²) in [4.78, 5) is 45.3. The van der Waals surface area contributed by atoms with Gasteiger partial charge in [-0.05, 0) is 34.7 Å². The highest BCUT2D eigenvalue weighted by Gasteiger charge is 2.31. The van der Waals surface area contributed by atoms with E-state index in [0.29, 0.717) is 0 Å². The minimum absolute atomic E-state index is 0.0668. The fourth-order valence-electron chi connectivity index (χ4n) is 4.89. The molecule has 0 spiro atoms. The first-order chi connectivity index (χ1) is 20.4. The number of carbonyl (C=O) groups excluding carboxylic acids is 2. The largest absolute Gasteiger partial charge is 0.478 e. The molecule has 42 heavy (non-hydrogen) atoms. The summed E-state index contributed by atoms with van der Waals surface area (Å²) in [6, 6.07) is 24.4. The number of fused-ring (bicyclic) bond motifs is 3. The van der Waals surface area contributed by atoms with Gasteiger partial charge >= 0.3 is 12.1 Å². The van der Waals surface area contributed by atoms with E-state index in [-0.39, 0.29) is 37.1 Å². The molecule has 2 unspecified atom stereocenters. The van der Waals surface area contributed by atoms with Crippen molar-refractivity contribution < 1.29 is 29.0 Å². The van der Waals surface area contributed by atoms with Crippen LogP contribution in [0.1, 0.15) is 45.7 Å². The van der Waals surface area contributed by atoms with Gasteiger partial charge in [0.05, 0.1) is 24.8 Å². The predicted octanol–water partition coefficient (Wildman–Crippen LogP) is 4.30. The molecule has 5 rings (SSSR count). The molecular formula is C32H30N4O6. The van der Waals surface area contributed by atoms with E-state index in [0.717, 1.165) is 40.2 Å². The van der Waals surface area contributed by atoms with Crippen molar-refractivity contribution in [1.29, 1.82) is 0 Å². The summed E-state index contributed by atoms with van der Waals surface area (Å²) in [5.74, 6) is -1.60. The van der Waals surface area contributed by atoms with Crippen LogP contribution in [0.3, 0.4) is 0 Å². The number of hydrogen-bond donors (Lipinski definition) is 3. The van der Waals surface area contributed by atoms with E-state index in [1.54, 1.807) is 6.92 Å². The highest BCUT2D eigenvalue weighted by molar-refractivity contribution is 5.87. The van der Waals surface area contributed by atoms with Crippen LogP contribution >= 0.6 is 0 Å². The van der Waals surface area contributed by atoms with E-state index in [4.69, 9.17) is 14.6 Å². The second-order valence-corrected chi connectivity index (χ2v) is 9.86. The van der Waals surface area contributed by atoms with Gasteiger partial charge in [0.25, 0.3) is 0 Å². The van der Waals surface area contributed by atoms with Crippen LogP contribution in [-0.2, 0) is 27.4 Å². The van der Waals surface area contributed by atoms with E-state index in [9.17, 15) is 14.4 Å². The zero-order valence-corrected chi connectivity index (χ0v) is 22.9. The molecule has 3 N–H and O–H groups in total. The average molecular weight is 567 g/mol. The van der Waals surface area contributed by atoms with Crippen LogP contribution in [0, 0.1) is 0 Å². The zero-order chi connectivity index (χ0) is 29.5. The number of alkyl carbamates (subject to hydrolysis) is 1. The summed E-state index contributed by atoms with van der Waals surface area (Å²) in [7, 11) is 0. The Kier molecular flexibility index (Phi) is 8.84. The zero-order valence-electron chi connectivity index (χ0n) is 22.9. The lowest BCUT2D eigenvalue weighted by atomic mass is 9.98. The lowest BCUT2D eigenvalue weighted by molar-refractivity contribution is -0.127. The van der Waals surface area contributed by atoms with Crippen molar-refractivity contribution in [3.63, 3.8) is 0 Å². The Balaban J connectivity index is 1.25. The van der Waals surface area contributed by atoms with Crippen molar-refractivity contribution in [3.8, 4) is 11.1 Å². The molecule has 4 aromatic rings. The normalized spacial score (nSPS) is 13.4. The Morgan fingerprint density at radius 3 is 2.10 bits per heavy atom. The van der Waals surface area contributed by atoms with E-state index < -0.39 is 30.1 Å². The molecule has 214 valence electrons. The van der Waals surface area contributed by atoms with E-state index in [2.05, 4.69) is 32.7 Å². The van der Waals surface area contributed by atoms with Gasteiger partial charge in [0.1, 0.15) is 18.5 Å². The van der Waals surface area contributed by atoms with Gasteiger partial charge in [0.15, 0.2) is 0 Å². The molecule has 3 aromatic carbocycles. The number of ether oxygens (including phenoxy) is 2. The number of rotatable bonds is 11. The molecule has 2 atom stereocenters. The van der Waals surface area contributed by atoms with E-state index >= 15 is 0 Å². The molecule has 1 heterocycles. The van der Waals surface area contributed by atoms with Crippen molar-refractivity contribution in [2.24, 2.45) is 0 Å². The number of amides is 2. The minimum Gasteiger partial charge on any atom is -0.478 e. The van der Waals surface area contributed by atoms with Gasteiger partial charge < -0.3 is 25.2 Å². The third-order valence-electron chi connectivity index (χ3n) is 7.10. The van der Waals surface area contributed by atoms with Crippen LogP contribution < -0.4 is 10.6 Å². The fraction of sp³-hybridized carbons (Fsp3) is 0.219. The Morgan fingerprint density at radius 2 is 1.48 bits per heavy atom. The molecule has 1 aromatic heterocycles. The molecule has 1 aliphatic carbocycles. The molecule has 0 saturated carbocycles. The van der Waals surface area contributed by atoms with Crippen LogP contribution in [0.15, 0.2) is 91.3 Å². The summed E-state index contributed by atoms with van der Waals surface area (Å²) in [5.41, 5.74) is 5.23. The third-order valence-corrected chi connectivity index (χ3v) is 7.10. The average Bonchev–Trinajstić information content (AvgIpc) is 3.34. The number of benzene rings is 3. The van der Waals surface area contributed by atoms with Gasteiger partial charge in [0, 0.05) is 18.3 Å². The van der Waals surface area contributed by atoms with Crippen LogP contribution in [0.2, 0.25) is 0 Å². The minimum atomic E-state index is -1.15. The Labute approximate surface area is 242 Å². The number of nitrogens with zero attached hydrogens (tertiary/aromatic N) is 2. The van der Waals surface area contributed by atoms with Crippen molar-refractivity contribution in [2.45, 2.75) is 38.1 Å². The van der Waals surface area contributed by atoms with Crippen LogP contribution in [0.25, 0.3) is 11.1 Å². The van der Waals surface area contributed by atoms with Crippen molar-refractivity contribution in [2.75, 3.05) is 6.61 Å². The van der Waals surface area contributed by atoms with Crippen molar-refractivity contribution in [1.82, 2.24) is 20.6 Å². The first-order valence-electron chi connectivity index (χ1n) is 13.5. The number of carboxylic acids is 1. The fourth-order valence-corrected chi connectivity index (χ4v) is 4.89. The summed E-state index contributed by atoms with van der Waals surface area (Å²) in [6.07, 6.45) is 0.846. The molecular weight excluding hydrogens is 536 g/mol. The predicted molar refractivity (Wildman–Crippen MR) is 154 cm³/mol. The van der Waals surface area contributed by atoms with Gasteiger partial charge in [-0.15, -0.1) is 0 Å². The monoisotopic (exact) mass is 566 g/mol. The second-order valence-electron chi connectivity index (χ2n) is 9.86. The van der Waals surface area contributed by atoms with Gasteiger partial charge in [-0.25, -0.2) is 19.6 Å². The van der Waals surface area contributed by atoms with Crippen LogP contribution in [-0.4, -0.2) is 51.8 Å². The SMILES string of the molecule is CC(OCc1ccccc1)C(NC(=O)OCC1c2ccccc2-c2ccccc21)C(=O)NCc1ncc(C(=O)O)cn1. The number of carboxylic acid groups (broad SMARTS) is 1. The summed E-state index contributed by atoms with van der Waals surface area (Å²) in [5, 5.41) is 14.4. The molecule has 0 bridgehead atoms. The molecule has 2 amide bonds. The molecule has 0 saturated heterocycles. The summed E-state index contributed by atoms with van der Waals surface area (Å²) < 4.78 is 11.6. The van der Waals surface area contributed by atoms with Crippen molar-refractivity contribution >= 4 is 18.0 Å². The second kappa shape index (κ2) is 13.0. The lowest BCUT2D eigenvalue weighted by Crippen LogP contribution is -2.53. The van der Waals surface area contributed by atoms with Gasteiger partial charge in [0.2, 0.25) is 5.91 Å². The molecule has 1 aliphatic rings. The molecule has 0 aliphatic heterocycles. The number of nitrogens with one attached hydrogen (secondary N) is 2. The summed E-state index contributed by atoms with van der Waals surface area (Å²) >= 11 is 0. The van der Waals surface area contributed by atoms with E-state index in [1.165, 1.54) is 0 Å². The maximum Gasteiger partial charge on any atom is 0.407 e. The summed E-state index contributed by atoms with van der Waals surface area (Å²) in [6.45, 7) is 1.94. The number of aromatic nitrogens is 2. The number of aromatic carboxylic acids is 1. The number of carbonyl (C=O) groups is 3. The smallest absolute Gasteiger partial charge is 0.407 e. The lowest BCUT2D eigenvalue weighted by Gasteiger charge is -2.25.